The average molecular weight is 453 g/mol. The Morgan fingerprint density at radius 2 is 1.48 bits per heavy atom. The molecule has 0 radical (unpaired) electrons. The molecule has 2 aromatic rings. The second-order valence-electron chi connectivity index (χ2n) is 9.61. The largest absolute Gasteiger partial charge is 0.480 e. The molecular formula is C26H32N2O5. The van der Waals surface area contributed by atoms with Gasteiger partial charge in [0.25, 0.3) is 0 Å². The highest BCUT2D eigenvalue weighted by Gasteiger charge is 2.41. The Morgan fingerprint density at radius 1 is 0.970 bits per heavy atom. The van der Waals surface area contributed by atoms with E-state index in [9.17, 15) is 19.5 Å². The van der Waals surface area contributed by atoms with E-state index in [4.69, 9.17) is 4.74 Å². The number of carboxylic acid groups (broad SMARTS) is 1. The quantitative estimate of drug-likeness (QED) is 0.624. The predicted molar refractivity (Wildman–Crippen MR) is 126 cm³/mol. The zero-order chi connectivity index (χ0) is 24.4. The van der Waals surface area contributed by atoms with Gasteiger partial charge >= 0.3 is 12.1 Å². The summed E-state index contributed by atoms with van der Waals surface area (Å²) in [5.41, 5.74) is 2.43. The van der Waals surface area contributed by atoms with E-state index in [1.54, 1.807) is 13.8 Å². The maximum atomic E-state index is 12.8. The topological polar surface area (TPSA) is 95.9 Å². The fraction of sp³-hybridized carbons (Fsp3) is 0.423. The molecular weight excluding hydrogens is 420 g/mol. The van der Waals surface area contributed by atoms with Crippen LogP contribution >= 0.6 is 0 Å². The van der Waals surface area contributed by atoms with Gasteiger partial charge in [-0.15, -0.1) is 0 Å². The Kier molecular flexibility index (Phi) is 6.81. The number of hydrogen-bond donors (Lipinski definition) is 2. The van der Waals surface area contributed by atoms with Crippen LogP contribution in [0, 0.1) is 5.41 Å². The highest BCUT2D eigenvalue weighted by molar-refractivity contribution is 5.89. The molecule has 0 spiro atoms. The first kappa shape index (κ1) is 24.3. The molecule has 2 aromatic carbocycles. The molecule has 0 fully saturated rings. The van der Waals surface area contributed by atoms with E-state index in [0.29, 0.717) is 6.42 Å². The number of ether oxygens (including phenoxy) is 1. The molecule has 0 atom stereocenters. The predicted octanol–water partition coefficient (Wildman–Crippen LogP) is 4.26. The van der Waals surface area contributed by atoms with Crippen molar-refractivity contribution in [2.24, 2.45) is 5.41 Å². The van der Waals surface area contributed by atoms with Crippen molar-refractivity contribution in [3.63, 3.8) is 0 Å². The van der Waals surface area contributed by atoms with Crippen molar-refractivity contribution < 1.29 is 24.2 Å². The molecule has 0 unspecified atom stereocenters. The van der Waals surface area contributed by atoms with Crippen molar-refractivity contribution >= 4 is 18.0 Å². The molecule has 7 heteroatoms. The van der Waals surface area contributed by atoms with Gasteiger partial charge in [-0.2, -0.15) is 0 Å². The van der Waals surface area contributed by atoms with Gasteiger partial charge in [0.15, 0.2) is 0 Å². The molecule has 0 bridgehead atoms. The molecule has 2 amide bonds. The summed E-state index contributed by atoms with van der Waals surface area (Å²) >= 11 is 0. The number of likely N-dealkylation sites (N-methyl/N-ethyl adjacent to an activating group) is 1. The van der Waals surface area contributed by atoms with Crippen LogP contribution in [0.2, 0.25) is 0 Å². The first-order valence-corrected chi connectivity index (χ1v) is 11.1. The summed E-state index contributed by atoms with van der Waals surface area (Å²) in [4.78, 5) is 37.9. The highest BCUT2D eigenvalue weighted by Crippen LogP contribution is 2.44. The van der Waals surface area contributed by atoms with Crippen LogP contribution in [0.25, 0.3) is 11.1 Å². The molecule has 2 N–H and O–H groups in total. The van der Waals surface area contributed by atoms with Crippen LogP contribution in [0.4, 0.5) is 4.79 Å². The summed E-state index contributed by atoms with van der Waals surface area (Å²) in [6, 6.07) is 16.3. The van der Waals surface area contributed by atoms with E-state index in [0.717, 1.165) is 22.3 Å². The highest BCUT2D eigenvalue weighted by atomic mass is 16.5. The Morgan fingerprint density at radius 3 is 2.00 bits per heavy atom. The van der Waals surface area contributed by atoms with Crippen LogP contribution in [0.15, 0.2) is 48.5 Å². The molecule has 7 nitrogen and oxygen atoms in total. The number of nitrogens with zero attached hydrogens (tertiary/aromatic N) is 1. The molecule has 0 heterocycles. The van der Waals surface area contributed by atoms with Crippen LogP contribution in [-0.2, 0) is 14.3 Å². The van der Waals surface area contributed by atoms with Gasteiger partial charge in [-0.3, -0.25) is 4.79 Å². The molecule has 0 saturated carbocycles. The number of fused-ring (bicyclic) bond motifs is 3. The molecule has 0 aliphatic heterocycles. The maximum absolute atomic E-state index is 12.8. The normalized spacial score (nSPS) is 13.1. The zero-order valence-corrected chi connectivity index (χ0v) is 19.8. The van der Waals surface area contributed by atoms with E-state index in [1.165, 1.54) is 25.8 Å². The van der Waals surface area contributed by atoms with Gasteiger partial charge in [0.05, 0.1) is 0 Å². The monoisotopic (exact) mass is 452 g/mol. The van der Waals surface area contributed by atoms with E-state index >= 15 is 0 Å². The van der Waals surface area contributed by atoms with Crippen LogP contribution in [-0.4, -0.2) is 53.7 Å². The summed E-state index contributed by atoms with van der Waals surface area (Å²) < 4.78 is 5.52. The van der Waals surface area contributed by atoms with Crippen molar-refractivity contribution in [3.8, 4) is 11.1 Å². The summed E-state index contributed by atoms with van der Waals surface area (Å²) in [5, 5.41) is 12.1. The first-order valence-electron chi connectivity index (χ1n) is 11.1. The van der Waals surface area contributed by atoms with Crippen molar-refractivity contribution in [3.05, 3.63) is 59.7 Å². The SMILES string of the molecule is CN(C(=O)C(C)(C)CCNC(=O)OCC1c2ccccc2-c2ccccc21)C(C)(C)C(=O)O. The number of nitrogens with one attached hydrogen (secondary N) is 1. The van der Waals surface area contributed by atoms with Crippen LogP contribution < -0.4 is 5.32 Å². The summed E-state index contributed by atoms with van der Waals surface area (Å²) in [7, 11) is 1.48. The number of carbonyl (C=O) groups excluding carboxylic acids is 2. The number of aliphatic carboxylic acids is 1. The minimum Gasteiger partial charge on any atom is -0.480 e. The minimum absolute atomic E-state index is 0.0203. The van der Waals surface area contributed by atoms with Crippen molar-refractivity contribution in [1.82, 2.24) is 10.2 Å². The van der Waals surface area contributed by atoms with Gasteiger partial charge in [0.1, 0.15) is 12.1 Å². The second-order valence-corrected chi connectivity index (χ2v) is 9.61. The lowest BCUT2D eigenvalue weighted by Gasteiger charge is -2.37. The lowest BCUT2D eigenvalue weighted by Crippen LogP contribution is -2.54. The van der Waals surface area contributed by atoms with E-state index in [2.05, 4.69) is 29.6 Å². The van der Waals surface area contributed by atoms with E-state index in [-0.39, 0.29) is 25.0 Å². The molecule has 33 heavy (non-hydrogen) atoms. The van der Waals surface area contributed by atoms with Crippen LogP contribution in [0.1, 0.15) is 51.2 Å². The smallest absolute Gasteiger partial charge is 0.407 e. The molecule has 1 aliphatic rings. The van der Waals surface area contributed by atoms with Gasteiger partial charge in [-0.1, -0.05) is 62.4 Å². The molecule has 0 saturated heterocycles. The number of benzene rings is 2. The fourth-order valence-electron chi connectivity index (χ4n) is 4.08. The second kappa shape index (κ2) is 9.25. The van der Waals surface area contributed by atoms with Crippen LogP contribution in [0.5, 0.6) is 0 Å². The third-order valence-electron chi connectivity index (χ3n) is 6.61. The molecule has 3 rings (SSSR count). The summed E-state index contributed by atoms with van der Waals surface area (Å²) in [6.45, 7) is 6.90. The lowest BCUT2D eigenvalue weighted by atomic mass is 9.86. The summed E-state index contributed by atoms with van der Waals surface area (Å²) in [5.74, 6) is -1.40. The van der Waals surface area contributed by atoms with Crippen molar-refractivity contribution in [1.29, 1.82) is 0 Å². The van der Waals surface area contributed by atoms with Crippen molar-refractivity contribution in [2.75, 3.05) is 20.2 Å². The number of carboxylic acids is 1. The van der Waals surface area contributed by atoms with E-state index in [1.807, 2.05) is 24.3 Å². The van der Waals surface area contributed by atoms with Crippen LogP contribution in [0.3, 0.4) is 0 Å². The number of rotatable bonds is 8. The van der Waals surface area contributed by atoms with Gasteiger partial charge in [0, 0.05) is 24.9 Å². The number of hydrogen-bond acceptors (Lipinski definition) is 4. The number of amides is 2. The van der Waals surface area contributed by atoms with Gasteiger partial charge in [0.2, 0.25) is 5.91 Å². The first-order chi connectivity index (χ1) is 15.5. The Hall–Kier alpha value is -3.35. The van der Waals surface area contributed by atoms with E-state index < -0.39 is 23.0 Å². The van der Waals surface area contributed by atoms with Gasteiger partial charge in [-0.25, -0.2) is 9.59 Å². The van der Waals surface area contributed by atoms with Crippen molar-refractivity contribution in [2.45, 2.75) is 45.6 Å². The maximum Gasteiger partial charge on any atom is 0.407 e. The number of carbonyl (C=O) groups is 3. The Bertz CT molecular complexity index is 1010. The zero-order valence-electron chi connectivity index (χ0n) is 19.8. The third-order valence-corrected chi connectivity index (χ3v) is 6.61. The van der Waals surface area contributed by atoms with Gasteiger partial charge in [-0.05, 0) is 42.5 Å². The minimum atomic E-state index is -1.32. The summed E-state index contributed by atoms with van der Waals surface area (Å²) in [6.07, 6.45) is -0.199. The molecule has 176 valence electrons. The lowest BCUT2D eigenvalue weighted by molar-refractivity contribution is -0.159. The average Bonchev–Trinajstić information content (AvgIpc) is 3.10. The third kappa shape index (κ3) is 4.87. The molecule has 1 aliphatic carbocycles. The Balaban J connectivity index is 1.54. The molecule has 0 aromatic heterocycles. The standard InChI is InChI=1S/C26H32N2O5/c1-25(2,22(29)28(5)26(3,4)23(30)31)14-15-27-24(32)33-16-21-19-12-8-6-10-17(19)18-11-7-9-13-20(18)21/h6-13,21H,14-16H2,1-5H3,(H,27,32)(H,30,31). The number of alkyl carbamates (subject to hydrolysis) is 1. The Labute approximate surface area is 194 Å². The fourth-order valence-corrected chi connectivity index (χ4v) is 4.08. The van der Waals surface area contributed by atoms with Gasteiger partial charge < -0.3 is 20.1 Å².